The van der Waals surface area contributed by atoms with Gasteiger partial charge in [-0.1, -0.05) is 23.2 Å². The van der Waals surface area contributed by atoms with Gasteiger partial charge in [-0.3, -0.25) is 4.68 Å². The molecule has 0 spiro atoms. The number of aromatic nitrogens is 3. The molecule has 0 saturated carbocycles. The van der Waals surface area contributed by atoms with Gasteiger partial charge in [-0.05, 0) is 25.1 Å². The highest BCUT2D eigenvalue weighted by Crippen LogP contribution is 2.39. The van der Waals surface area contributed by atoms with Crippen LogP contribution >= 0.6 is 23.2 Å². The topological polar surface area (TPSA) is 49.2 Å². The van der Waals surface area contributed by atoms with Crippen molar-refractivity contribution in [3.05, 3.63) is 46.5 Å². The first-order chi connectivity index (χ1) is 9.57. The lowest BCUT2D eigenvalue weighted by atomic mass is 10.1. The second kappa shape index (κ2) is 5.33. The molecule has 7 heteroatoms. The monoisotopic (exact) mass is 313 g/mol. The van der Waals surface area contributed by atoms with Gasteiger partial charge in [0.2, 0.25) is 0 Å². The molecule has 2 heterocycles. The van der Waals surface area contributed by atoms with E-state index in [2.05, 4.69) is 10.1 Å². The fraction of sp³-hybridized carbons (Fsp3) is 0.385. The molecule has 0 amide bonds. The molecule has 3 rings (SSSR count). The maximum Gasteiger partial charge on any atom is 0.194 e. The van der Waals surface area contributed by atoms with E-state index in [-0.39, 0.29) is 6.10 Å². The van der Waals surface area contributed by atoms with E-state index in [1.807, 2.05) is 6.92 Å². The maximum absolute atomic E-state index is 6.21. The lowest BCUT2D eigenvalue weighted by Gasteiger charge is -2.25. The third-order valence-corrected chi connectivity index (χ3v) is 3.78. The Morgan fingerprint density at radius 1 is 1.45 bits per heavy atom. The Hall–Kier alpha value is -1.14. The largest absolute Gasteiger partial charge is 0.343 e. The molecule has 0 bridgehead atoms. The highest BCUT2D eigenvalue weighted by molar-refractivity contribution is 6.33. The molecule has 1 aliphatic heterocycles. The van der Waals surface area contributed by atoms with Crippen LogP contribution in [-0.4, -0.2) is 27.5 Å². The molecule has 0 radical (unpaired) electrons. The number of hydrogen-bond donors (Lipinski definition) is 0. The van der Waals surface area contributed by atoms with E-state index < -0.39 is 5.79 Å². The van der Waals surface area contributed by atoms with Crippen molar-refractivity contribution in [3.8, 4) is 0 Å². The number of nitrogens with zero attached hydrogens (tertiary/aromatic N) is 3. The van der Waals surface area contributed by atoms with Gasteiger partial charge in [-0.2, -0.15) is 5.10 Å². The van der Waals surface area contributed by atoms with Gasteiger partial charge in [-0.25, -0.2) is 4.98 Å². The summed E-state index contributed by atoms with van der Waals surface area (Å²) >= 11 is 12.2. The zero-order valence-electron chi connectivity index (χ0n) is 10.8. The van der Waals surface area contributed by atoms with E-state index in [1.54, 1.807) is 29.2 Å². The minimum atomic E-state index is -0.896. The summed E-state index contributed by atoms with van der Waals surface area (Å²) in [5.41, 5.74) is 0.729. The minimum Gasteiger partial charge on any atom is -0.343 e. The second-order valence-corrected chi connectivity index (χ2v) is 5.58. The lowest BCUT2D eigenvalue weighted by molar-refractivity contribution is -0.163. The molecule has 2 unspecified atom stereocenters. The van der Waals surface area contributed by atoms with E-state index in [4.69, 9.17) is 32.7 Å². The smallest absolute Gasteiger partial charge is 0.194 e. The molecule has 1 fully saturated rings. The van der Waals surface area contributed by atoms with Crippen molar-refractivity contribution in [3.63, 3.8) is 0 Å². The molecule has 1 aromatic heterocycles. The Balaban J connectivity index is 1.79. The van der Waals surface area contributed by atoms with Gasteiger partial charge in [0.1, 0.15) is 18.8 Å². The highest BCUT2D eigenvalue weighted by atomic mass is 35.5. The summed E-state index contributed by atoms with van der Waals surface area (Å²) in [6.45, 7) is 2.87. The van der Waals surface area contributed by atoms with Gasteiger partial charge in [0.05, 0.1) is 13.2 Å². The summed E-state index contributed by atoms with van der Waals surface area (Å²) in [7, 11) is 0. The van der Waals surface area contributed by atoms with Crippen LogP contribution in [0, 0.1) is 0 Å². The predicted molar refractivity (Wildman–Crippen MR) is 74.7 cm³/mol. The first-order valence-corrected chi connectivity index (χ1v) is 6.92. The summed E-state index contributed by atoms with van der Waals surface area (Å²) in [5, 5.41) is 5.22. The van der Waals surface area contributed by atoms with Gasteiger partial charge in [-0.15, -0.1) is 0 Å². The van der Waals surface area contributed by atoms with Gasteiger partial charge in [0.25, 0.3) is 0 Å². The molecule has 2 aromatic rings. The quantitative estimate of drug-likeness (QED) is 0.874. The summed E-state index contributed by atoms with van der Waals surface area (Å²) in [6.07, 6.45) is 3.02. The predicted octanol–water partition coefficient (Wildman–Crippen LogP) is 2.87. The molecule has 0 aliphatic carbocycles. The third-order valence-electron chi connectivity index (χ3n) is 3.21. The lowest BCUT2D eigenvalue weighted by Crippen LogP contribution is -2.26. The molecular weight excluding hydrogens is 301 g/mol. The number of hydrogen-bond acceptors (Lipinski definition) is 4. The second-order valence-electron chi connectivity index (χ2n) is 4.74. The number of rotatable bonds is 3. The van der Waals surface area contributed by atoms with E-state index in [1.165, 1.54) is 6.33 Å². The minimum absolute atomic E-state index is 0.114. The van der Waals surface area contributed by atoms with Crippen molar-refractivity contribution < 1.29 is 9.47 Å². The SMILES string of the molecule is CC1(c2cc(Cl)ccc2Cl)OCC(Cn2cncn2)O1. The van der Waals surface area contributed by atoms with E-state index >= 15 is 0 Å². The van der Waals surface area contributed by atoms with Crippen LogP contribution in [0.1, 0.15) is 12.5 Å². The Labute approximate surface area is 126 Å². The molecular formula is C13H13Cl2N3O2. The van der Waals surface area contributed by atoms with Crippen LogP contribution in [-0.2, 0) is 21.8 Å². The van der Waals surface area contributed by atoms with Crippen molar-refractivity contribution in [2.24, 2.45) is 0 Å². The van der Waals surface area contributed by atoms with Crippen molar-refractivity contribution in [1.29, 1.82) is 0 Å². The molecule has 20 heavy (non-hydrogen) atoms. The van der Waals surface area contributed by atoms with Gasteiger partial charge in [0, 0.05) is 15.6 Å². The third kappa shape index (κ3) is 2.67. The molecule has 1 aromatic carbocycles. The molecule has 106 valence electrons. The van der Waals surface area contributed by atoms with Gasteiger partial charge in [0.15, 0.2) is 5.79 Å². The maximum atomic E-state index is 6.21. The van der Waals surface area contributed by atoms with Crippen LogP contribution in [0.5, 0.6) is 0 Å². The van der Waals surface area contributed by atoms with Gasteiger partial charge < -0.3 is 9.47 Å². The van der Waals surface area contributed by atoms with Crippen molar-refractivity contribution in [2.45, 2.75) is 25.4 Å². The van der Waals surface area contributed by atoms with E-state index in [9.17, 15) is 0 Å². The highest BCUT2D eigenvalue weighted by Gasteiger charge is 2.40. The van der Waals surface area contributed by atoms with Crippen LogP contribution in [0.15, 0.2) is 30.9 Å². The fourth-order valence-corrected chi connectivity index (χ4v) is 2.71. The Bertz CT molecular complexity index is 606. The molecule has 2 atom stereocenters. The summed E-state index contributed by atoms with van der Waals surface area (Å²) in [6, 6.07) is 5.24. The average Bonchev–Trinajstić information content (AvgIpc) is 3.04. The van der Waals surface area contributed by atoms with Crippen LogP contribution in [0.4, 0.5) is 0 Å². The van der Waals surface area contributed by atoms with E-state index in [0.717, 1.165) is 5.56 Å². The molecule has 0 N–H and O–H groups in total. The zero-order chi connectivity index (χ0) is 14.2. The van der Waals surface area contributed by atoms with Crippen molar-refractivity contribution in [1.82, 2.24) is 14.8 Å². The Kier molecular flexibility index (Phi) is 3.69. The van der Waals surface area contributed by atoms with Crippen LogP contribution in [0.25, 0.3) is 0 Å². The van der Waals surface area contributed by atoms with Gasteiger partial charge >= 0.3 is 0 Å². The van der Waals surface area contributed by atoms with Crippen LogP contribution < -0.4 is 0 Å². The standard InChI is InChI=1S/C13H13Cl2N3O2/c1-13(11-4-9(14)2-3-12(11)15)19-6-10(20-13)5-18-8-16-7-17-18/h2-4,7-8,10H,5-6H2,1H3. The number of halogens is 2. The molecule has 1 saturated heterocycles. The van der Waals surface area contributed by atoms with Crippen molar-refractivity contribution >= 4 is 23.2 Å². The molecule has 1 aliphatic rings. The van der Waals surface area contributed by atoms with Crippen LogP contribution in [0.3, 0.4) is 0 Å². The fourth-order valence-electron chi connectivity index (χ4n) is 2.25. The summed E-state index contributed by atoms with van der Waals surface area (Å²) in [4.78, 5) is 3.90. The first kappa shape index (κ1) is 13.8. The molecule has 5 nitrogen and oxygen atoms in total. The summed E-state index contributed by atoms with van der Waals surface area (Å²) in [5.74, 6) is -0.896. The summed E-state index contributed by atoms with van der Waals surface area (Å²) < 4.78 is 13.5. The number of ether oxygens (including phenoxy) is 2. The van der Waals surface area contributed by atoms with Crippen LogP contribution in [0.2, 0.25) is 10.0 Å². The average molecular weight is 314 g/mol. The number of benzene rings is 1. The first-order valence-electron chi connectivity index (χ1n) is 6.16. The normalized spacial score (nSPS) is 26.1. The Morgan fingerprint density at radius 3 is 3.05 bits per heavy atom. The van der Waals surface area contributed by atoms with E-state index in [0.29, 0.717) is 23.2 Å². The zero-order valence-corrected chi connectivity index (χ0v) is 12.3. The van der Waals surface area contributed by atoms with Crippen molar-refractivity contribution in [2.75, 3.05) is 6.61 Å². The Morgan fingerprint density at radius 2 is 2.30 bits per heavy atom.